The van der Waals surface area contributed by atoms with Crippen molar-refractivity contribution in [3.8, 4) is 0 Å². The van der Waals surface area contributed by atoms with Crippen LogP contribution in [0.1, 0.15) is 63.2 Å². The SMILES string of the molecule is C=C(C)C(=O)OCCCC1COC(c2ccc(C3OCC(CCCOC(=O)C(=C)C)CO3)cc2)OC1. The van der Waals surface area contributed by atoms with E-state index in [1.807, 2.05) is 24.3 Å². The molecule has 0 spiro atoms. The lowest BCUT2D eigenvalue weighted by Crippen LogP contribution is -2.28. The first-order valence-corrected chi connectivity index (χ1v) is 12.5. The standard InChI is InChI=1S/C28H38O8/c1-19(2)25(29)31-13-5-7-21-15-33-27(34-16-21)23-9-11-24(12-10-23)28-35-17-22(18-36-28)8-6-14-32-26(30)20(3)4/h9-12,21-22,27-28H,1,3,5-8,13-18H2,2,4H3. The number of carbonyl (C=O) groups excluding carboxylic acids is 2. The van der Waals surface area contributed by atoms with E-state index in [0.29, 0.717) is 50.8 Å². The number of esters is 2. The smallest absolute Gasteiger partial charge is 0.333 e. The van der Waals surface area contributed by atoms with Crippen LogP contribution in [0.2, 0.25) is 0 Å². The fraction of sp³-hybridized carbons (Fsp3) is 0.571. The Morgan fingerprint density at radius 2 is 1.06 bits per heavy atom. The van der Waals surface area contributed by atoms with Gasteiger partial charge >= 0.3 is 11.9 Å². The van der Waals surface area contributed by atoms with Gasteiger partial charge in [0.15, 0.2) is 12.6 Å². The van der Waals surface area contributed by atoms with E-state index >= 15 is 0 Å². The van der Waals surface area contributed by atoms with Gasteiger partial charge in [-0.15, -0.1) is 0 Å². The molecule has 2 saturated heterocycles. The summed E-state index contributed by atoms with van der Waals surface area (Å²) in [5.74, 6) is -0.145. The van der Waals surface area contributed by atoms with Crippen molar-refractivity contribution in [3.63, 3.8) is 0 Å². The Balaban J connectivity index is 1.32. The van der Waals surface area contributed by atoms with Crippen LogP contribution in [-0.4, -0.2) is 51.6 Å². The van der Waals surface area contributed by atoms with E-state index in [1.54, 1.807) is 13.8 Å². The highest BCUT2D eigenvalue weighted by Crippen LogP contribution is 2.30. The Morgan fingerprint density at radius 3 is 1.36 bits per heavy atom. The van der Waals surface area contributed by atoms with Crippen LogP contribution in [0, 0.1) is 11.8 Å². The molecule has 0 aliphatic carbocycles. The van der Waals surface area contributed by atoms with Crippen molar-refractivity contribution in [1.82, 2.24) is 0 Å². The highest BCUT2D eigenvalue weighted by molar-refractivity contribution is 5.87. The lowest BCUT2D eigenvalue weighted by atomic mass is 10.0. The lowest BCUT2D eigenvalue weighted by molar-refractivity contribution is -0.208. The molecule has 3 rings (SSSR count). The van der Waals surface area contributed by atoms with Crippen LogP contribution in [0.5, 0.6) is 0 Å². The second kappa shape index (κ2) is 14.3. The van der Waals surface area contributed by atoms with Crippen LogP contribution in [0.25, 0.3) is 0 Å². The zero-order chi connectivity index (χ0) is 25.9. The summed E-state index contributed by atoms with van der Waals surface area (Å²) in [6.45, 7) is 13.6. The largest absolute Gasteiger partial charge is 0.462 e. The summed E-state index contributed by atoms with van der Waals surface area (Å²) in [4.78, 5) is 22.8. The molecule has 2 fully saturated rings. The molecular formula is C28H38O8. The van der Waals surface area contributed by atoms with E-state index in [4.69, 9.17) is 28.4 Å². The van der Waals surface area contributed by atoms with E-state index in [1.165, 1.54) is 0 Å². The molecule has 1 aromatic carbocycles. The summed E-state index contributed by atoms with van der Waals surface area (Å²) in [5, 5.41) is 0. The van der Waals surface area contributed by atoms with Crippen molar-refractivity contribution >= 4 is 11.9 Å². The molecular weight excluding hydrogens is 464 g/mol. The van der Waals surface area contributed by atoms with Crippen LogP contribution in [0.3, 0.4) is 0 Å². The maximum absolute atomic E-state index is 11.4. The quantitative estimate of drug-likeness (QED) is 0.229. The third kappa shape index (κ3) is 8.85. The topological polar surface area (TPSA) is 89.5 Å². The van der Waals surface area contributed by atoms with Crippen molar-refractivity contribution in [1.29, 1.82) is 0 Å². The van der Waals surface area contributed by atoms with Gasteiger partial charge in [0, 0.05) is 34.1 Å². The molecule has 2 heterocycles. The van der Waals surface area contributed by atoms with Gasteiger partial charge in [0.1, 0.15) is 0 Å². The summed E-state index contributed by atoms with van der Waals surface area (Å²) < 4.78 is 34.0. The monoisotopic (exact) mass is 502 g/mol. The molecule has 8 heteroatoms. The Morgan fingerprint density at radius 1 is 0.722 bits per heavy atom. The molecule has 0 atom stereocenters. The highest BCUT2D eigenvalue weighted by atomic mass is 16.7. The molecule has 0 saturated carbocycles. The van der Waals surface area contributed by atoms with Gasteiger partial charge in [-0.2, -0.15) is 0 Å². The molecule has 1 aromatic rings. The number of hydrogen-bond donors (Lipinski definition) is 0. The summed E-state index contributed by atoms with van der Waals surface area (Å²) in [6.07, 6.45) is 2.47. The number of rotatable bonds is 12. The summed E-state index contributed by atoms with van der Waals surface area (Å²) in [7, 11) is 0. The second-order valence-corrected chi connectivity index (χ2v) is 9.51. The van der Waals surface area contributed by atoms with E-state index in [-0.39, 0.29) is 23.8 Å². The Kier molecular flexibility index (Phi) is 11.1. The summed E-state index contributed by atoms with van der Waals surface area (Å²) in [6, 6.07) is 7.91. The average Bonchev–Trinajstić information content (AvgIpc) is 2.89. The Bertz CT molecular complexity index is 804. The van der Waals surface area contributed by atoms with E-state index in [2.05, 4.69) is 13.2 Å². The first-order valence-electron chi connectivity index (χ1n) is 12.5. The molecule has 0 bridgehead atoms. The van der Waals surface area contributed by atoms with Crippen molar-refractivity contribution in [3.05, 3.63) is 59.7 Å². The van der Waals surface area contributed by atoms with Gasteiger partial charge in [0.05, 0.1) is 39.6 Å². The molecule has 198 valence electrons. The Hall–Kier alpha value is -2.52. The highest BCUT2D eigenvalue weighted by Gasteiger charge is 2.26. The first kappa shape index (κ1) is 28.1. The molecule has 2 aliphatic heterocycles. The number of ether oxygens (including phenoxy) is 6. The van der Waals surface area contributed by atoms with Crippen LogP contribution in [0.4, 0.5) is 0 Å². The summed E-state index contributed by atoms with van der Waals surface area (Å²) in [5.41, 5.74) is 2.72. The van der Waals surface area contributed by atoms with Gasteiger partial charge < -0.3 is 28.4 Å². The van der Waals surface area contributed by atoms with Crippen LogP contribution >= 0.6 is 0 Å². The zero-order valence-corrected chi connectivity index (χ0v) is 21.4. The third-order valence-electron chi connectivity index (χ3n) is 6.09. The first-order chi connectivity index (χ1) is 17.3. The van der Waals surface area contributed by atoms with Gasteiger partial charge in [-0.3, -0.25) is 0 Å². The molecule has 0 N–H and O–H groups in total. The fourth-order valence-electron chi connectivity index (χ4n) is 3.94. The minimum Gasteiger partial charge on any atom is -0.462 e. The lowest BCUT2D eigenvalue weighted by Gasteiger charge is -2.31. The molecule has 0 unspecified atom stereocenters. The van der Waals surface area contributed by atoms with E-state index in [9.17, 15) is 9.59 Å². The maximum atomic E-state index is 11.4. The van der Waals surface area contributed by atoms with Crippen molar-refractivity contribution < 1.29 is 38.0 Å². The molecule has 0 aromatic heterocycles. The van der Waals surface area contributed by atoms with Gasteiger partial charge in [-0.05, 0) is 39.5 Å². The van der Waals surface area contributed by atoms with Crippen LogP contribution in [0.15, 0.2) is 48.6 Å². The molecule has 0 amide bonds. The normalized spacial score (nSPS) is 24.1. The minimum atomic E-state index is -0.395. The molecule has 0 radical (unpaired) electrons. The zero-order valence-electron chi connectivity index (χ0n) is 21.4. The predicted molar refractivity (Wildman–Crippen MR) is 133 cm³/mol. The predicted octanol–water partition coefficient (Wildman–Crippen LogP) is 4.81. The number of benzene rings is 1. The molecule has 2 aliphatic rings. The Labute approximate surface area is 213 Å². The number of hydrogen-bond acceptors (Lipinski definition) is 8. The van der Waals surface area contributed by atoms with Gasteiger partial charge in [0.25, 0.3) is 0 Å². The van der Waals surface area contributed by atoms with Gasteiger partial charge in [-0.25, -0.2) is 9.59 Å². The van der Waals surface area contributed by atoms with Crippen molar-refractivity contribution in [2.24, 2.45) is 11.8 Å². The van der Waals surface area contributed by atoms with Crippen LogP contribution in [-0.2, 0) is 38.0 Å². The van der Waals surface area contributed by atoms with E-state index in [0.717, 1.165) is 36.8 Å². The van der Waals surface area contributed by atoms with Crippen molar-refractivity contribution in [2.75, 3.05) is 39.6 Å². The number of carbonyl (C=O) groups is 2. The van der Waals surface area contributed by atoms with E-state index < -0.39 is 12.6 Å². The fourth-order valence-corrected chi connectivity index (χ4v) is 3.94. The molecule has 8 nitrogen and oxygen atoms in total. The third-order valence-corrected chi connectivity index (χ3v) is 6.09. The minimum absolute atomic E-state index is 0.277. The summed E-state index contributed by atoms with van der Waals surface area (Å²) >= 11 is 0. The maximum Gasteiger partial charge on any atom is 0.333 e. The van der Waals surface area contributed by atoms with Gasteiger partial charge in [0.2, 0.25) is 0 Å². The van der Waals surface area contributed by atoms with Crippen LogP contribution < -0.4 is 0 Å². The average molecular weight is 503 g/mol. The molecule has 36 heavy (non-hydrogen) atoms. The second-order valence-electron chi connectivity index (χ2n) is 9.51. The van der Waals surface area contributed by atoms with Gasteiger partial charge in [-0.1, -0.05) is 37.4 Å². The van der Waals surface area contributed by atoms with Crippen molar-refractivity contribution in [2.45, 2.75) is 52.1 Å².